The highest BCUT2D eigenvalue weighted by atomic mass is 35.5. The Morgan fingerprint density at radius 3 is 2.94 bits per heavy atom. The molecule has 0 aromatic carbocycles. The van der Waals surface area contributed by atoms with Crippen molar-refractivity contribution in [2.24, 2.45) is 0 Å². The van der Waals surface area contributed by atoms with Crippen LogP contribution in [-0.4, -0.2) is 20.5 Å². The molecule has 18 heavy (non-hydrogen) atoms. The van der Waals surface area contributed by atoms with Gasteiger partial charge in [-0.25, -0.2) is 14.1 Å². The van der Waals surface area contributed by atoms with Crippen LogP contribution in [-0.2, 0) is 0 Å². The molecule has 0 radical (unpaired) electrons. The molecule has 2 aromatic rings. The number of ketones is 1. The molecule has 0 bridgehead atoms. The molecule has 2 rings (SSSR count). The number of carbonyl (C=O) groups is 1. The van der Waals surface area contributed by atoms with E-state index in [1.165, 1.54) is 23.1 Å². The monoisotopic (exact) mass is 267 g/mol. The summed E-state index contributed by atoms with van der Waals surface area (Å²) in [4.78, 5) is 15.5. The van der Waals surface area contributed by atoms with Crippen LogP contribution in [0.4, 0.5) is 4.39 Å². The van der Waals surface area contributed by atoms with E-state index in [2.05, 4.69) is 10.1 Å². The van der Waals surface area contributed by atoms with E-state index >= 15 is 0 Å². The maximum absolute atomic E-state index is 13.8. The Balaban J connectivity index is 2.56. The third kappa shape index (κ3) is 2.01. The third-order valence-corrected chi connectivity index (χ3v) is 2.95. The number of hydrogen-bond acceptors (Lipinski definition) is 3. The van der Waals surface area contributed by atoms with Gasteiger partial charge < -0.3 is 0 Å². The number of pyridine rings is 1. The Kier molecular flexibility index (Phi) is 3.43. The summed E-state index contributed by atoms with van der Waals surface area (Å²) >= 11 is 5.69. The quantitative estimate of drug-likeness (QED) is 0.803. The molecule has 0 fully saturated rings. The first kappa shape index (κ1) is 12.7. The van der Waals surface area contributed by atoms with Gasteiger partial charge in [0.2, 0.25) is 0 Å². The molecule has 0 amide bonds. The summed E-state index contributed by atoms with van der Waals surface area (Å²) < 4.78 is 15.1. The minimum absolute atomic E-state index is 0.00449. The fourth-order valence-corrected chi connectivity index (χ4v) is 1.79. The van der Waals surface area contributed by atoms with Crippen LogP contribution in [0.5, 0.6) is 0 Å². The molecule has 0 aliphatic carbocycles. The van der Waals surface area contributed by atoms with E-state index in [1.54, 1.807) is 13.8 Å². The molecule has 2 heterocycles. The third-order valence-electron chi connectivity index (χ3n) is 2.66. The summed E-state index contributed by atoms with van der Waals surface area (Å²) in [6, 6.07) is 1.36. The zero-order valence-corrected chi connectivity index (χ0v) is 10.7. The average Bonchev–Trinajstić information content (AvgIpc) is 2.74. The second kappa shape index (κ2) is 4.86. The largest absolute Gasteiger partial charge is 0.294 e. The maximum Gasteiger partial charge on any atom is 0.191 e. The van der Waals surface area contributed by atoms with Gasteiger partial charge in [0.15, 0.2) is 17.4 Å². The molecule has 4 nitrogen and oxygen atoms in total. The van der Waals surface area contributed by atoms with Crippen molar-refractivity contribution in [2.45, 2.75) is 20.3 Å². The molecule has 0 saturated heterocycles. The van der Waals surface area contributed by atoms with Gasteiger partial charge in [-0.05, 0) is 13.0 Å². The lowest BCUT2D eigenvalue weighted by Gasteiger charge is -2.05. The number of rotatable bonds is 3. The number of Topliss-reactive ketones (excluding diaryl/α,β-unsaturated/α-hetero) is 1. The predicted molar refractivity (Wildman–Crippen MR) is 65.7 cm³/mol. The van der Waals surface area contributed by atoms with Gasteiger partial charge >= 0.3 is 0 Å². The van der Waals surface area contributed by atoms with Crippen molar-refractivity contribution in [1.82, 2.24) is 14.8 Å². The molecule has 94 valence electrons. The molecule has 2 aromatic heterocycles. The van der Waals surface area contributed by atoms with Crippen molar-refractivity contribution >= 4 is 17.4 Å². The number of nitrogens with zero attached hydrogens (tertiary/aromatic N) is 3. The number of hydrogen-bond donors (Lipinski definition) is 0. The van der Waals surface area contributed by atoms with Crippen LogP contribution in [0.3, 0.4) is 0 Å². The first-order valence-electron chi connectivity index (χ1n) is 5.44. The van der Waals surface area contributed by atoms with Crippen LogP contribution in [0.2, 0.25) is 5.02 Å². The van der Waals surface area contributed by atoms with E-state index in [1.807, 2.05) is 0 Å². The Hall–Kier alpha value is -1.75. The molecule has 0 aliphatic rings. The van der Waals surface area contributed by atoms with Crippen LogP contribution < -0.4 is 0 Å². The van der Waals surface area contributed by atoms with Gasteiger partial charge in [-0.15, -0.1) is 0 Å². The highest BCUT2D eigenvalue weighted by molar-refractivity contribution is 6.30. The van der Waals surface area contributed by atoms with E-state index in [-0.39, 0.29) is 16.6 Å². The van der Waals surface area contributed by atoms with Crippen LogP contribution in [0.1, 0.15) is 29.4 Å². The highest BCUT2D eigenvalue weighted by Crippen LogP contribution is 2.21. The molecule has 0 saturated carbocycles. The Morgan fingerprint density at radius 2 is 2.28 bits per heavy atom. The number of carbonyl (C=O) groups excluding carboxylic acids is 1. The molecule has 0 aliphatic heterocycles. The SMILES string of the molecule is CCC(=O)c1cnn(-c2nccc(Cl)c2F)c1C. The fourth-order valence-electron chi connectivity index (χ4n) is 1.64. The van der Waals surface area contributed by atoms with E-state index in [0.29, 0.717) is 17.7 Å². The predicted octanol–water partition coefficient (Wildman–Crippen LogP) is 2.96. The summed E-state index contributed by atoms with van der Waals surface area (Å²) in [5.41, 5.74) is 1.02. The van der Waals surface area contributed by atoms with Crippen molar-refractivity contribution in [3.8, 4) is 5.82 Å². The van der Waals surface area contributed by atoms with Gasteiger partial charge in [-0.2, -0.15) is 5.10 Å². The van der Waals surface area contributed by atoms with Crippen molar-refractivity contribution in [3.05, 3.63) is 40.6 Å². The Bertz CT molecular complexity index is 609. The van der Waals surface area contributed by atoms with E-state index in [4.69, 9.17) is 11.6 Å². The van der Waals surface area contributed by atoms with E-state index < -0.39 is 5.82 Å². The summed E-state index contributed by atoms with van der Waals surface area (Å²) in [6.07, 6.45) is 3.18. The second-order valence-corrected chi connectivity index (χ2v) is 4.17. The second-order valence-electron chi connectivity index (χ2n) is 3.76. The van der Waals surface area contributed by atoms with Crippen LogP contribution in [0, 0.1) is 12.7 Å². The molecular formula is C12H11ClFN3O. The minimum atomic E-state index is -0.652. The first-order chi connectivity index (χ1) is 8.56. The smallest absolute Gasteiger partial charge is 0.191 e. The summed E-state index contributed by atoms with van der Waals surface area (Å²) in [7, 11) is 0. The van der Waals surface area contributed by atoms with Gasteiger partial charge in [0.25, 0.3) is 0 Å². The van der Waals surface area contributed by atoms with Crippen molar-refractivity contribution < 1.29 is 9.18 Å². The topological polar surface area (TPSA) is 47.8 Å². The summed E-state index contributed by atoms with van der Waals surface area (Å²) in [5, 5.41) is 3.96. The fraction of sp³-hybridized carbons (Fsp3) is 0.250. The molecular weight excluding hydrogens is 257 g/mol. The molecule has 0 spiro atoms. The van der Waals surface area contributed by atoms with E-state index in [9.17, 15) is 9.18 Å². The van der Waals surface area contributed by atoms with Gasteiger partial charge in [0.1, 0.15) is 0 Å². The average molecular weight is 268 g/mol. The first-order valence-corrected chi connectivity index (χ1v) is 5.82. The van der Waals surface area contributed by atoms with Crippen molar-refractivity contribution in [1.29, 1.82) is 0 Å². The lowest BCUT2D eigenvalue weighted by atomic mass is 10.1. The summed E-state index contributed by atoms with van der Waals surface area (Å²) in [6.45, 7) is 3.45. The number of aromatic nitrogens is 3. The molecule has 6 heteroatoms. The standard InChI is InChI=1S/C12H11ClFN3O/c1-3-10(18)8-6-16-17(7(8)2)12-11(14)9(13)4-5-15-12/h4-6H,3H2,1-2H3. The van der Waals surface area contributed by atoms with Crippen LogP contribution in [0.25, 0.3) is 5.82 Å². The normalized spacial score (nSPS) is 10.7. The number of halogens is 2. The molecule has 0 unspecified atom stereocenters. The Morgan fingerprint density at radius 1 is 1.56 bits per heavy atom. The van der Waals surface area contributed by atoms with Gasteiger partial charge in [0.05, 0.1) is 22.5 Å². The minimum Gasteiger partial charge on any atom is -0.294 e. The maximum atomic E-state index is 13.8. The zero-order valence-electron chi connectivity index (χ0n) is 9.94. The van der Waals surface area contributed by atoms with Crippen molar-refractivity contribution in [3.63, 3.8) is 0 Å². The van der Waals surface area contributed by atoms with Gasteiger partial charge in [0, 0.05) is 12.6 Å². The lowest BCUT2D eigenvalue weighted by molar-refractivity contribution is 0.0987. The highest BCUT2D eigenvalue weighted by Gasteiger charge is 2.17. The van der Waals surface area contributed by atoms with Crippen LogP contribution >= 0.6 is 11.6 Å². The zero-order chi connectivity index (χ0) is 13.3. The molecule has 0 atom stereocenters. The summed E-state index contributed by atoms with van der Waals surface area (Å²) in [5.74, 6) is -0.697. The van der Waals surface area contributed by atoms with Gasteiger partial charge in [-0.1, -0.05) is 18.5 Å². The van der Waals surface area contributed by atoms with Crippen molar-refractivity contribution in [2.75, 3.05) is 0 Å². The van der Waals surface area contributed by atoms with E-state index in [0.717, 1.165) is 0 Å². The van der Waals surface area contributed by atoms with Crippen LogP contribution in [0.15, 0.2) is 18.5 Å². The van der Waals surface area contributed by atoms with Gasteiger partial charge in [-0.3, -0.25) is 4.79 Å². The Labute approximate surface area is 108 Å². The molecule has 0 N–H and O–H groups in total. The lowest BCUT2D eigenvalue weighted by Crippen LogP contribution is -2.06.